The van der Waals surface area contributed by atoms with Crippen LogP contribution in [0.5, 0.6) is 5.75 Å². The van der Waals surface area contributed by atoms with Crippen LogP contribution in [0.25, 0.3) is 0 Å². The number of nitrogens with zero attached hydrogens (tertiary/aromatic N) is 2. The molecule has 148 valence electrons. The number of likely N-dealkylation sites (tertiary alicyclic amines) is 1. The maximum Gasteiger partial charge on any atom is 0.240 e. The quantitative estimate of drug-likeness (QED) is 0.788. The number of benzene rings is 1. The third kappa shape index (κ3) is 4.20. The number of aryl methyl sites for hydroxylation is 3. The molecule has 0 amide bonds. The van der Waals surface area contributed by atoms with E-state index in [0.717, 1.165) is 48.5 Å². The van der Waals surface area contributed by atoms with E-state index in [2.05, 4.69) is 20.3 Å². The molecule has 1 unspecified atom stereocenters. The molecule has 0 radical (unpaired) electrons. The summed E-state index contributed by atoms with van der Waals surface area (Å²) in [5, 5.41) is 0. The molecular weight excluding hydrogens is 362 g/mol. The highest BCUT2D eigenvalue weighted by Gasteiger charge is 2.27. The number of ether oxygens (including phenoxy) is 1. The highest BCUT2D eigenvalue weighted by Crippen LogP contribution is 2.28. The third-order valence-corrected chi connectivity index (χ3v) is 6.72. The van der Waals surface area contributed by atoms with Crippen molar-refractivity contribution in [3.05, 3.63) is 47.3 Å². The van der Waals surface area contributed by atoms with Crippen LogP contribution in [0.1, 0.15) is 35.7 Å². The molecule has 6 nitrogen and oxygen atoms in total. The topological polar surface area (TPSA) is 63.6 Å². The van der Waals surface area contributed by atoms with Crippen LogP contribution in [0, 0.1) is 13.8 Å². The molecule has 0 aliphatic carbocycles. The van der Waals surface area contributed by atoms with Crippen molar-refractivity contribution in [1.29, 1.82) is 0 Å². The normalized spacial score (nSPS) is 16.6. The molecule has 1 aromatic carbocycles. The number of hydrogen-bond donors (Lipinski definition) is 1. The molecule has 1 atom stereocenters. The van der Waals surface area contributed by atoms with E-state index in [1.807, 2.05) is 33.2 Å². The molecule has 1 aromatic heterocycles. The van der Waals surface area contributed by atoms with E-state index >= 15 is 0 Å². The number of nitrogens with one attached hydrogen (secondary N) is 1. The van der Waals surface area contributed by atoms with Crippen molar-refractivity contribution in [2.75, 3.05) is 26.7 Å². The van der Waals surface area contributed by atoms with Crippen molar-refractivity contribution in [2.24, 2.45) is 7.05 Å². The maximum absolute atomic E-state index is 12.9. The molecule has 0 saturated carbocycles. The Labute approximate surface area is 162 Å². The van der Waals surface area contributed by atoms with Gasteiger partial charge in [-0.05, 0) is 75.2 Å². The average molecular weight is 392 g/mol. The summed E-state index contributed by atoms with van der Waals surface area (Å²) >= 11 is 0. The molecule has 0 bridgehead atoms. The monoisotopic (exact) mass is 391 g/mol. The smallest absolute Gasteiger partial charge is 0.240 e. The Hall–Kier alpha value is -1.83. The number of methoxy groups -OCH3 is 1. The Bertz CT molecular complexity index is 876. The van der Waals surface area contributed by atoms with Gasteiger partial charge in [-0.3, -0.25) is 4.90 Å². The lowest BCUT2D eigenvalue weighted by atomic mass is 10.1. The first kappa shape index (κ1) is 19.9. The highest BCUT2D eigenvalue weighted by atomic mass is 32.2. The molecule has 2 aromatic rings. The van der Waals surface area contributed by atoms with Gasteiger partial charge in [-0.15, -0.1) is 0 Å². The van der Waals surface area contributed by atoms with Gasteiger partial charge < -0.3 is 9.30 Å². The lowest BCUT2D eigenvalue weighted by Gasteiger charge is -2.28. The predicted octanol–water partition coefficient (Wildman–Crippen LogP) is 2.77. The Kier molecular flexibility index (Phi) is 5.93. The van der Waals surface area contributed by atoms with Crippen LogP contribution in [-0.4, -0.2) is 44.6 Å². The zero-order chi connectivity index (χ0) is 19.6. The maximum atomic E-state index is 12.9. The second-order valence-electron chi connectivity index (χ2n) is 7.25. The molecule has 0 spiro atoms. The number of rotatable bonds is 7. The fourth-order valence-corrected chi connectivity index (χ4v) is 5.16. The second kappa shape index (κ2) is 8.04. The van der Waals surface area contributed by atoms with Crippen molar-refractivity contribution < 1.29 is 13.2 Å². The Morgan fingerprint density at radius 3 is 2.33 bits per heavy atom. The number of hydrogen-bond acceptors (Lipinski definition) is 4. The fraction of sp³-hybridized carbons (Fsp3) is 0.500. The first-order valence-corrected chi connectivity index (χ1v) is 10.8. The van der Waals surface area contributed by atoms with E-state index in [-0.39, 0.29) is 10.9 Å². The van der Waals surface area contributed by atoms with Crippen LogP contribution in [0.15, 0.2) is 35.4 Å². The minimum absolute atomic E-state index is 0.0303. The van der Waals surface area contributed by atoms with E-state index in [4.69, 9.17) is 4.74 Å². The van der Waals surface area contributed by atoms with Crippen LogP contribution >= 0.6 is 0 Å². The Morgan fingerprint density at radius 2 is 1.81 bits per heavy atom. The molecule has 1 N–H and O–H groups in total. The molecule has 1 aliphatic heterocycles. The van der Waals surface area contributed by atoms with Crippen LogP contribution in [0.4, 0.5) is 0 Å². The van der Waals surface area contributed by atoms with Gasteiger partial charge in [0.15, 0.2) is 0 Å². The summed E-state index contributed by atoms with van der Waals surface area (Å²) in [6.45, 7) is 6.07. The van der Waals surface area contributed by atoms with E-state index < -0.39 is 10.0 Å². The van der Waals surface area contributed by atoms with E-state index in [9.17, 15) is 8.42 Å². The summed E-state index contributed by atoms with van der Waals surface area (Å²) in [6, 6.07) is 7.44. The summed E-state index contributed by atoms with van der Waals surface area (Å²) in [5.74, 6) is 0.729. The van der Waals surface area contributed by atoms with Crippen molar-refractivity contribution in [2.45, 2.75) is 37.6 Å². The highest BCUT2D eigenvalue weighted by molar-refractivity contribution is 7.89. The lowest BCUT2D eigenvalue weighted by Crippen LogP contribution is -2.37. The second-order valence-corrected chi connectivity index (χ2v) is 9.01. The average Bonchev–Trinajstić information content (AvgIpc) is 3.27. The van der Waals surface area contributed by atoms with Gasteiger partial charge in [0.05, 0.1) is 18.0 Å². The first-order chi connectivity index (χ1) is 12.8. The molecule has 1 saturated heterocycles. The van der Waals surface area contributed by atoms with Crippen molar-refractivity contribution in [3.63, 3.8) is 0 Å². The minimum atomic E-state index is -3.60. The largest absolute Gasteiger partial charge is 0.496 e. The van der Waals surface area contributed by atoms with Gasteiger partial charge in [0.1, 0.15) is 5.75 Å². The standard InChI is InChI=1S/C20H29N3O3S/c1-15-12-17(13-16(2)20(15)26-4)27(24,25)21-14-19(23-10-5-6-11-23)18-8-7-9-22(18)3/h7-9,12-13,19,21H,5-6,10-11,14H2,1-4H3. The summed E-state index contributed by atoms with van der Waals surface area (Å²) in [7, 11) is 0.00226. The Morgan fingerprint density at radius 1 is 1.19 bits per heavy atom. The van der Waals surface area contributed by atoms with Gasteiger partial charge in [0.25, 0.3) is 0 Å². The van der Waals surface area contributed by atoms with Crippen molar-refractivity contribution >= 4 is 10.0 Å². The Balaban J connectivity index is 1.83. The molecule has 27 heavy (non-hydrogen) atoms. The van der Waals surface area contributed by atoms with Gasteiger partial charge in [-0.25, -0.2) is 13.1 Å². The zero-order valence-electron chi connectivity index (χ0n) is 16.5. The fourth-order valence-electron chi connectivity index (χ4n) is 3.95. The minimum Gasteiger partial charge on any atom is -0.496 e. The first-order valence-electron chi connectivity index (χ1n) is 9.33. The lowest BCUT2D eigenvalue weighted by molar-refractivity contribution is 0.238. The van der Waals surface area contributed by atoms with Crippen LogP contribution in [0.3, 0.4) is 0 Å². The third-order valence-electron chi connectivity index (χ3n) is 5.32. The van der Waals surface area contributed by atoms with Crippen molar-refractivity contribution in [1.82, 2.24) is 14.2 Å². The van der Waals surface area contributed by atoms with Gasteiger partial charge in [-0.2, -0.15) is 0 Å². The van der Waals surface area contributed by atoms with Crippen LogP contribution < -0.4 is 9.46 Å². The molecule has 7 heteroatoms. The van der Waals surface area contributed by atoms with Gasteiger partial charge >= 0.3 is 0 Å². The number of aromatic nitrogens is 1. The van der Waals surface area contributed by atoms with E-state index in [0.29, 0.717) is 6.54 Å². The van der Waals surface area contributed by atoms with Crippen LogP contribution in [0.2, 0.25) is 0 Å². The van der Waals surface area contributed by atoms with Gasteiger partial charge in [0, 0.05) is 25.5 Å². The van der Waals surface area contributed by atoms with Crippen molar-refractivity contribution in [3.8, 4) is 5.75 Å². The zero-order valence-corrected chi connectivity index (χ0v) is 17.3. The molecular formula is C20H29N3O3S. The van der Waals surface area contributed by atoms with Crippen LogP contribution in [-0.2, 0) is 17.1 Å². The predicted molar refractivity (Wildman–Crippen MR) is 107 cm³/mol. The summed E-state index contributed by atoms with van der Waals surface area (Å²) < 4.78 is 36.1. The summed E-state index contributed by atoms with van der Waals surface area (Å²) in [5.41, 5.74) is 2.76. The molecule has 1 aliphatic rings. The SMILES string of the molecule is COc1c(C)cc(S(=O)(=O)NCC(c2cccn2C)N2CCCC2)cc1C. The van der Waals surface area contributed by atoms with E-state index in [1.165, 1.54) is 0 Å². The molecule has 1 fully saturated rings. The van der Waals surface area contributed by atoms with Gasteiger partial charge in [0.2, 0.25) is 10.0 Å². The number of sulfonamides is 1. The molecule has 2 heterocycles. The van der Waals surface area contributed by atoms with E-state index in [1.54, 1.807) is 19.2 Å². The molecule has 3 rings (SSSR count). The summed E-state index contributed by atoms with van der Waals surface area (Å²) in [6.07, 6.45) is 4.32. The summed E-state index contributed by atoms with van der Waals surface area (Å²) in [4.78, 5) is 2.65. The van der Waals surface area contributed by atoms with Gasteiger partial charge in [-0.1, -0.05) is 0 Å².